The van der Waals surface area contributed by atoms with Crippen LogP contribution in [-0.2, 0) is 0 Å². The number of unbranched alkanes of at least 4 members (excludes halogenated alkanes) is 3. The molecule has 0 heteroatoms. The molecule has 1 fully saturated rings. The lowest BCUT2D eigenvalue weighted by Crippen LogP contribution is -2.10. The maximum atomic E-state index is 2.35. The summed E-state index contributed by atoms with van der Waals surface area (Å²) in [5.74, 6) is 1.81. The quantitative estimate of drug-likeness (QED) is 0.521. The Bertz CT molecular complexity index is 308. The SMILES string of the molecule is CCCCCCC(c1ccccc1)C1CCCC1. The van der Waals surface area contributed by atoms with E-state index in [2.05, 4.69) is 37.3 Å². The standard InChI is InChI=1S/C18H28/c1-2-3-4-8-15-18(17-13-9-10-14-17)16-11-6-5-7-12-16/h5-7,11-12,17-18H,2-4,8-10,13-15H2,1H3. The van der Waals surface area contributed by atoms with Crippen molar-refractivity contribution in [1.29, 1.82) is 0 Å². The summed E-state index contributed by atoms with van der Waals surface area (Å²) in [5.41, 5.74) is 1.60. The average molecular weight is 244 g/mol. The molecule has 0 saturated heterocycles. The van der Waals surface area contributed by atoms with Gasteiger partial charge >= 0.3 is 0 Å². The van der Waals surface area contributed by atoms with Crippen LogP contribution in [0.25, 0.3) is 0 Å². The van der Waals surface area contributed by atoms with E-state index in [0.717, 1.165) is 11.8 Å². The Hall–Kier alpha value is -0.780. The van der Waals surface area contributed by atoms with Crippen molar-refractivity contribution in [2.45, 2.75) is 70.6 Å². The summed E-state index contributed by atoms with van der Waals surface area (Å²) in [6.07, 6.45) is 12.9. The van der Waals surface area contributed by atoms with Gasteiger partial charge in [-0.25, -0.2) is 0 Å². The van der Waals surface area contributed by atoms with Crippen LogP contribution in [0.3, 0.4) is 0 Å². The van der Waals surface area contributed by atoms with Gasteiger partial charge in [0.05, 0.1) is 0 Å². The first kappa shape index (κ1) is 13.6. The largest absolute Gasteiger partial charge is 0.0654 e. The molecule has 2 rings (SSSR count). The van der Waals surface area contributed by atoms with Crippen LogP contribution in [0.15, 0.2) is 30.3 Å². The lowest BCUT2D eigenvalue weighted by molar-refractivity contribution is 0.397. The van der Waals surface area contributed by atoms with Gasteiger partial charge in [0, 0.05) is 0 Å². The van der Waals surface area contributed by atoms with Gasteiger partial charge in [0.25, 0.3) is 0 Å². The highest BCUT2D eigenvalue weighted by Gasteiger charge is 2.25. The van der Waals surface area contributed by atoms with Gasteiger partial charge in [-0.1, -0.05) is 75.8 Å². The van der Waals surface area contributed by atoms with Crippen molar-refractivity contribution in [3.8, 4) is 0 Å². The highest BCUT2D eigenvalue weighted by molar-refractivity contribution is 5.20. The number of hydrogen-bond acceptors (Lipinski definition) is 0. The Morgan fingerprint density at radius 2 is 1.72 bits per heavy atom. The van der Waals surface area contributed by atoms with E-state index in [9.17, 15) is 0 Å². The molecule has 0 radical (unpaired) electrons. The molecule has 0 spiro atoms. The van der Waals surface area contributed by atoms with Crippen LogP contribution in [0, 0.1) is 5.92 Å². The molecule has 0 bridgehead atoms. The molecular formula is C18H28. The smallest absolute Gasteiger partial charge is 0.0134 e. The Morgan fingerprint density at radius 3 is 2.39 bits per heavy atom. The van der Waals surface area contributed by atoms with Gasteiger partial charge in [-0.05, 0) is 36.7 Å². The van der Waals surface area contributed by atoms with E-state index in [-0.39, 0.29) is 0 Å². The Labute approximate surface area is 113 Å². The van der Waals surface area contributed by atoms with Crippen molar-refractivity contribution < 1.29 is 0 Å². The Kier molecular flexibility index (Phi) is 5.77. The topological polar surface area (TPSA) is 0 Å². The van der Waals surface area contributed by atoms with Gasteiger partial charge in [0.1, 0.15) is 0 Å². The van der Waals surface area contributed by atoms with Crippen molar-refractivity contribution in [3.63, 3.8) is 0 Å². The summed E-state index contributed by atoms with van der Waals surface area (Å²) in [4.78, 5) is 0. The molecule has 0 nitrogen and oxygen atoms in total. The molecule has 1 aliphatic rings. The van der Waals surface area contributed by atoms with Crippen molar-refractivity contribution in [2.24, 2.45) is 5.92 Å². The van der Waals surface area contributed by atoms with Crippen molar-refractivity contribution in [2.75, 3.05) is 0 Å². The second-order valence-electron chi connectivity index (χ2n) is 5.91. The molecule has 1 unspecified atom stereocenters. The fourth-order valence-electron chi connectivity index (χ4n) is 3.53. The van der Waals surface area contributed by atoms with Crippen LogP contribution in [0.1, 0.15) is 76.2 Å². The number of benzene rings is 1. The zero-order valence-electron chi connectivity index (χ0n) is 11.9. The van der Waals surface area contributed by atoms with Crippen LogP contribution >= 0.6 is 0 Å². The van der Waals surface area contributed by atoms with Crippen molar-refractivity contribution in [3.05, 3.63) is 35.9 Å². The van der Waals surface area contributed by atoms with Gasteiger partial charge < -0.3 is 0 Å². The zero-order chi connectivity index (χ0) is 12.6. The second-order valence-corrected chi connectivity index (χ2v) is 5.91. The molecule has 1 saturated carbocycles. The van der Waals surface area contributed by atoms with Crippen LogP contribution in [0.4, 0.5) is 0 Å². The summed E-state index contributed by atoms with van der Waals surface area (Å²) in [7, 11) is 0. The van der Waals surface area contributed by atoms with Crippen LogP contribution in [0.2, 0.25) is 0 Å². The molecule has 1 atom stereocenters. The third-order valence-electron chi connectivity index (χ3n) is 4.57. The third-order valence-corrected chi connectivity index (χ3v) is 4.57. The van der Waals surface area contributed by atoms with Gasteiger partial charge in [-0.2, -0.15) is 0 Å². The fraction of sp³-hybridized carbons (Fsp3) is 0.667. The maximum absolute atomic E-state index is 2.35. The van der Waals surface area contributed by atoms with Crippen LogP contribution in [0.5, 0.6) is 0 Å². The molecule has 0 heterocycles. The molecule has 0 N–H and O–H groups in total. The highest BCUT2D eigenvalue weighted by Crippen LogP contribution is 2.40. The first-order chi connectivity index (χ1) is 8.92. The lowest BCUT2D eigenvalue weighted by Gasteiger charge is -2.24. The van der Waals surface area contributed by atoms with Gasteiger partial charge in [0.2, 0.25) is 0 Å². The van der Waals surface area contributed by atoms with E-state index < -0.39 is 0 Å². The average Bonchev–Trinajstić information content (AvgIpc) is 2.94. The summed E-state index contributed by atoms with van der Waals surface area (Å²) in [6.45, 7) is 2.30. The number of rotatable bonds is 7. The summed E-state index contributed by atoms with van der Waals surface area (Å²) in [5, 5.41) is 0. The van der Waals surface area contributed by atoms with Crippen molar-refractivity contribution in [1.82, 2.24) is 0 Å². The molecule has 0 amide bonds. The highest BCUT2D eigenvalue weighted by atomic mass is 14.3. The van der Waals surface area contributed by atoms with Crippen LogP contribution in [-0.4, -0.2) is 0 Å². The van der Waals surface area contributed by atoms with Crippen LogP contribution < -0.4 is 0 Å². The summed E-state index contributed by atoms with van der Waals surface area (Å²) >= 11 is 0. The first-order valence-electron chi connectivity index (χ1n) is 7.96. The molecule has 100 valence electrons. The molecular weight excluding hydrogens is 216 g/mol. The van der Waals surface area contributed by atoms with Gasteiger partial charge in [0.15, 0.2) is 0 Å². The monoisotopic (exact) mass is 244 g/mol. The van der Waals surface area contributed by atoms with E-state index in [1.54, 1.807) is 5.56 Å². The summed E-state index contributed by atoms with van der Waals surface area (Å²) in [6, 6.07) is 11.3. The van der Waals surface area contributed by atoms with E-state index >= 15 is 0 Å². The molecule has 0 aliphatic heterocycles. The fourth-order valence-corrected chi connectivity index (χ4v) is 3.53. The molecule has 1 aliphatic carbocycles. The maximum Gasteiger partial charge on any atom is -0.0134 e. The molecule has 1 aromatic rings. The normalized spacial score (nSPS) is 18.1. The molecule has 0 aromatic heterocycles. The third kappa shape index (κ3) is 3.86. The first-order valence-corrected chi connectivity index (χ1v) is 7.96. The molecule has 1 aromatic carbocycles. The minimum absolute atomic E-state index is 0.838. The van der Waals surface area contributed by atoms with E-state index in [0.29, 0.717) is 0 Å². The Balaban J connectivity index is 1.94. The van der Waals surface area contributed by atoms with E-state index in [1.165, 1.54) is 57.8 Å². The number of hydrogen-bond donors (Lipinski definition) is 0. The minimum Gasteiger partial charge on any atom is -0.0654 e. The predicted molar refractivity (Wildman–Crippen MR) is 79.9 cm³/mol. The van der Waals surface area contributed by atoms with E-state index in [1.807, 2.05) is 0 Å². The van der Waals surface area contributed by atoms with Gasteiger partial charge in [-0.15, -0.1) is 0 Å². The minimum atomic E-state index is 0.838. The summed E-state index contributed by atoms with van der Waals surface area (Å²) < 4.78 is 0. The zero-order valence-corrected chi connectivity index (χ0v) is 11.9. The lowest BCUT2D eigenvalue weighted by atomic mass is 9.81. The predicted octanol–water partition coefficient (Wildman–Crippen LogP) is 5.93. The van der Waals surface area contributed by atoms with E-state index in [4.69, 9.17) is 0 Å². The molecule has 18 heavy (non-hydrogen) atoms. The second kappa shape index (κ2) is 7.61. The van der Waals surface area contributed by atoms with Gasteiger partial charge in [-0.3, -0.25) is 0 Å². The van der Waals surface area contributed by atoms with Crippen molar-refractivity contribution >= 4 is 0 Å². The Morgan fingerprint density at radius 1 is 1.00 bits per heavy atom.